The van der Waals surface area contributed by atoms with Crippen LogP contribution in [-0.4, -0.2) is 75.9 Å². The molecule has 0 saturated heterocycles. The molecule has 34 heavy (non-hydrogen) atoms. The molecule has 1 aliphatic heterocycles. The smallest absolute Gasteiger partial charge is 0.321 e. The third-order valence-corrected chi connectivity index (χ3v) is 5.78. The normalized spacial score (nSPS) is 22.7. The van der Waals surface area contributed by atoms with Crippen LogP contribution in [0, 0.1) is 19.8 Å². The van der Waals surface area contributed by atoms with Crippen molar-refractivity contribution in [2.45, 2.75) is 65.8 Å². The van der Waals surface area contributed by atoms with E-state index in [-0.39, 0.29) is 36.7 Å². The quantitative estimate of drug-likeness (QED) is 0.635. The third-order valence-electron chi connectivity index (χ3n) is 5.78. The summed E-state index contributed by atoms with van der Waals surface area (Å²) < 4.78 is 18.4. The number of nitrogens with one attached hydrogen (secondary N) is 2. The van der Waals surface area contributed by atoms with Gasteiger partial charge in [0.2, 0.25) is 0 Å². The number of urea groups is 1. The molecule has 0 spiro atoms. The number of aromatic nitrogens is 4. The minimum Gasteiger partial charge on any atom is -0.464 e. The number of amides is 2. The number of carbonyl (C=O) groups is 2. The summed E-state index contributed by atoms with van der Waals surface area (Å²) in [4.78, 5) is 26.4. The summed E-state index contributed by atoms with van der Waals surface area (Å²) in [6, 6.07) is -0.287. The highest BCUT2D eigenvalue weighted by atomic mass is 16.5. The van der Waals surface area contributed by atoms with E-state index in [2.05, 4.69) is 33.0 Å². The number of anilines is 1. The maximum atomic E-state index is 12.8. The first-order valence-corrected chi connectivity index (χ1v) is 11.6. The molecule has 0 unspecified atom stereocenters. The summed E-state index contributed by atoms with van der Waals surface area (Å²) in [5.74, 6) is 0.382. The average molecular weight is 478 g/mol. The Bertz CT molecular complexity index is 940. The lowest BCUT2D eigenvalue weighted by atomic mass is 10.0. The molecule has 0 aromatic carbocycles. The lowest BCUT2D eigenvalue weighted by Gasteiger charge is -2.29. The second kappa shape index (κ2) is 11.9. The summed E-state index contributed by atoms with van der Waals surface area (Å²) in [6.07, 6.45) is 2.49. The number of fused-ring (bicyclic) bond motifs is 2. The molecule has 0 aliphatic carbocycles. The van der Waals surface area contributed by atoms with Crippen LogP contribution in [0.3, 0.4) is 0 Å². The van der Waals surface area contributed by atoms with Gasteiger partial charge in [-0.15, -0.1) is 5.10 Å². The Balaban J connectivity index is 1.67. The maximum Gasteiger partial charge on any atom is 0.321 e. The molecule has 2 bridgehead atoms. The van der Waals surface area contributed by atoms with E-state index in [0.29, 0.717) is 61.9 Å². The van der Waals surface area contributed by atoms with E-state index in [1.165, 1.54) is 0 Å². The summed E-state index contributed by atoms with van der Waals surface area (Å²) in [7, 11) is 1.72. The minimum atomic E-state index is -0.281. The van der Waals surface area contributed by atoms with Crippen LogP contribution in [0.4, 0.5) is 10.5 Å². The molecule has 2 aromatic rings. The maximum absolute atomic E-state index is 12.8. The van der Waals surface area contributed by atoms with Gasteiger partial charge in [-0.25, -0.2) is 4.79 Å². The van der Waals surface area contributed by atoms with Gasteiger partial charge in [0.1, 0.15) is 23.7 Å². The molecule has 0 saturated carbocycles. The summed E-state index contributed by atoms with van der Waals surface area (Å²) in [5.41, 5.74) is 1.89. The van der Waals surface area contributed by atoms with Crippen molar-refractivity contribution in [1.82, 2.24) is 30.4 Å². The molecule has 188 valence electrons. The van der Waals surface area contributed by atoms with Gasteiger partial charge < -0.3 is 29.5 Å². The van der Waals surface area contributed by atoms with Crippen molar-refractivity contribution in [3.8, 4) is 0 Å². The van der Waals surface area contributed by atoms with Crippen molar-refractivity contribution in [3.63, 3.8) is 0 Å². The molecule has 3 heterocycles. The van der Waals surface area contributed by atoms with Crippen molar-refractivity contribution in [2.24, 2.45) is 5.92 Å². The molecule has 2 amide bonds. The third kappa shape index (κ3) is 7.26. The van der Waals surface area contributed by atoms with Gasteiger partial charge in [0, 0.05) is 39.1 Å². The second-order valence-corrected chi connectivity index (χ2v) is 8.91. The van der Waals surface area contributed by atoms with Crippen LogP contribution < -0.4 is 10.6 Å². The number of hydrogen-bond acceptors (Lipinski definition) is 9. The number of rotatable bonds is 3. The first-order chi connectivity index (χ1) is 16.2. The average Bonchev–Trinajstić information content (AvgIpc) is 3.39. The van der Waals surface area contributed by atoms with Gasteiger partial charge in [0.15, 0.2) is 5.76 Å². The van der Waals surface area contributed by atoms with Gasteiger partial charge in [-0.2, -0.15) is 0 Å². The number of cyclic esters (lactones) is 1. The molecule has 0 fully saturated rings. The van der Waals surface area contributed by atoms with E-state index in [4.69, 9.17) is 14.0 Å². The van der Waals surface area contributed by atoms with Crippen LogP contribution in [0.5, 0.6) is 0 Å². The van der Waals surface area contributed by atoms with Crippen molar-refractivity contribution >= 4 is 17.7 Å². The SMILES string of the molecule is Cc1noc(C)c1NC(=O)N(C)C[C@H]1OCc2cn(nn2)CCCC(=O)OC[C@H](C)NC[C@H]1C. The number of carbonyl (C=O) groups excluding carboxylic acids is 2. The number of hydrogen-bond donors (Lipinski definition) is 2. The molecule has 1 aliphatic rings. The fourth-order valence-corrected chi connectivity index (χ4v) is 3.57. The van der Waals surface area contributed by atoms with Gasteiger partial charge in [0.05, 0.1) is 18.9 Å². The van der Waals surface area contributed by atoms with Crippen LogP contribution >= 0.6 is 0 Å². The van der Waals surface area contributed by atoms with Crippen LogP contribution in [0.2, 0.25) is 0 Å². The van der Waals surface area contributed by atoms with Crippen molar-refractivity contribution in [3.05, 3.63) is 23.3 Å². The molecule has 3 rings (SSSR count). The van der Waals surface area contributed by atoms with Crippen LogP contribution in [0.25, 0.3) is 0 Å². The standard InChI is InChI=1S/C22H35N7O5/c1-14-9-23-15(2)12-33-20(30)7-6-8-29-10-18(25-27-29)13-32-19(14)11-28(5)22(31)24-21-16(3)26-34-17(21)4/h10,14-15,19,23H,6-9,11-13H2,1-5H3,(H,24,31)/t14-,15+,19-/m1/s1. The Hall–Kier alpha value is -2.99. The van der Waals surface area contributed by atoms with Crippen molar-refractivity contribution < 1.29 is 23.6 Å². The van der Waals surface area contributed by atoms with Crippen LogP contribution in [-0.2, 0) is 27.4 Å². The Labute approximate surface area is 199 Å². The highest BCUT2D eigenvalue weighted by Crippen LogP contribution is 2.19. The number of aryl methyl sites for hydroxylation is 3. The molecule has 12 heteroatoms. The summed E-state index contributed by atoms with van der Waals surface area (Å²) in [6.45, 7) is 9.66. The minimum absolute atomic E-state index is 0.00633. The molecule has 2 aromatic heterocycles. The Kier molecular flexibility index (Phi) is 8.99. The van der Waals surface area contributed by atoms with Gasteiger partial charge in [-0.05, 0) is 33.1 Å². The van der Waals surface area contributed by atoms with E-state index in [9.17, 15) is 9.59 Å². The van der Waals surface area contributed by atoms with Crippen LogP contribution in [0.1, 0.15) is 43.8 Å². The predicted molar refractivity (Wildman–Crippen MR) is 123 cm³/mol. The van der Waals surface area contributed by atoms with Crippen molar-refractivity contribution in [2.75, 3.05) is 32.1 Å². The zero-order valence-electron chi connectivity index (χ0n) is 20.5. The van der Waals surface area contributed by atoms with E-state index in [1.54, 1.807) is 30.5 Å². The zero-order chi connectivity index (χ0) is 24.7. The molecule has 12 nitrogen and oxygen atoms in total. The highest BCUT2D eigenvalue weighted by Gasteiger charge is 2.25. The Morgan fingerprint density at radius 2 is 2.15 bits per heavy atom. The number of nitrogens with zero attached hydrogens (tertiary/aromatic N) is 5. The van der Waals surface area contributed by atoms with E-state index in [0.717, 1.165) is 0 Å². The van der Waals surface area contributed by atoms with E-state index in [1.807, 2.05) is 13.1 Å². The molecule has 0 radical (unpaired) electrons. The van der Waals surface area contributed by atoms with Crippen LogP contribution in [0.15, 0.2) is 10.7 Å². The first kappa shape index (κ1) is 25.6. The Morgan fingerprint density at radius 3 is 2.88 bits per heavy atom. The van der Waals surface area contributed by atoms with Gasteiger partial charge >= 0.3 is 12.0 Å². The predicted octanol–water partition coefficient (Wildman–Crippen LogP) is 1.88. The molecule has 2 N–H and O–H groups in total. The van der Waals surface area contributed by atoms with Gasteiger partial charge in [0.25, 0.3) is 0 Å². The van der Waals surface area contributed by atoms with Crippen molar-refractivity contribution in [1.29, 1.82) is 0 Å². The first-order valence-electron chi connectivity index (χ1n) is 11.6. The fourth-order valence-electron chi connectivity index (χ4n) is 3.57. The molecular weight excluding hydrogens is 442 g/mol. The Morgan fingerprint density at radius 1 is 1.35 bits per heavy atom. The van der Waals surface area contributed by atoms with Gasteiger partial charge in [-0.1, -0.05) is 17.3 Å². The number of ether oxygens (including phenoxy) is 2. The number of likely N-dealkylation sites (N-methyl/N-ethyl adjacent to an activating group) is 1. The zero-order valence-corrected chi connectivity index (χ0v) is 20.5. The largest absolute Gasteiger partial charge is 0.464 e. The lowest BCUT2D eigenvalue weighted by molar-refractivity contribution is -0.144. The monoisotopic (exact) mass is 477 g/mol. The topological polar surface area (TPSA) is 137 Å². The van der Waals surface area contributed by atoms with Gasteiger partial charge in [-0.3, -0.25) is 9.48 Å². The fraction of sp³-hybridized carbons (Fsp3) is 0.682. The summed E-state index contributed by atoms with van der Waals surface area (Å²) in [5, 5.41) is 18.4. The molecular formula is C22H35N7O5. The second-order valence-electron chi connectivity index (χ2n) is 8.91. The summed E-state index contributed by atoms with van der Waals surface area (Å²) >= 11 is 0. The highest BCUT2D eigenvalue weighted by molar-refractivity contribution is 5.90. The number of esters is 1. The molecule has 3 atom stereocenters. The lowest BCUT2D eigenvalue weighted by Crippen LogP contribution is -2.44. The van der Waals surface area contributed by atoms with E-state index < -0.39 is 0 Å². The van der Waals surface area contributed by atoms with E-state index >= 15 is 0 Å².